The molecule has 0 aliphatic rings. The van der Waals surface area contributed by atoms with E-state index in [-0.39, 0.29) is 22.2 Å². The molecule has 1 amide bonds. The Hall–Kier alpha value is -2.65. The van der Waals surface area contributed by atoms with Crippen LogP contribution in [0, 0.1) is 19.7 Å². The molecule has 7 nitrogen and oxygen atoms in total. The van der Waals surface area contributed by atoms with Gasteiger partial charge in [-0.05, 0) is 37.6 Å². The zero-order valence-corrected chi connectivity index (χ0v) is 16.1. The predicted molar refractivity (Wildman–Crippen MR) is 100 cm³/mol. The second kappa shape index (κ2) is 6.82. The summed E-state index contributed by atoms with van der Waals surface area (Å²) in [7, 11) is -3.85. The number of hydrogen-bond acceptors (Lipinski definition) is 6. The fourth-order valence-corrected chi connectivity index (χ4v) is 3.26. The van der Waals surface area contributed by atoms with Crippen LogP contribution in [-0.2, 0) is 10.0 Å². The summed E-state index contributed by atoms with van der Waals surface area (Å²) >= 11 is 6.18. The molecule has 1 aromatic heterocycles. The van der Waals surface area contributed by atoms with E-state index in [4.69, 9.17) is 16.1 Å². The summed E-state index contributed by atoms with van der Waals surface area (Å²) < 4.78 is 44.8. The van der Waals surface area contributed by atoms with Crippen LogP contribution in [0.4, 0.5) is 15.8 Å². The van der Waals surface area contributed by atoms with Gasteiger partial charge in [0.15, 0.2) is 5.82 Å². The maximum absolute atomic E-state index is 15.1. The standard InChI is InChI=1S/C17H15ClFN3O4S/c1-8-4-5-13(12(18)6-8)20-15-11(17(23)22-27(3,24)25)7-10-9(2)21-26-16(10)14(15)19/h4-7,20H,1-3H3,(H,22,23). The third kappa shape index (κ3) is 3.88. The third-order valence-electron chi connectivity index (χ3n) is 3.79. The number of hydrogen-bond donors (Lipinski definition) is 2. The number of carbonyl (C=O) groups excluding carboxylic acids is 1. The van der Waals surface area contributed by atoms with Gasteiger partial charge in [-0.1, -0.05) is 22.8 Å². The van der Waals surface area contributed by atoms with Gasteiger partial charge in [-0.3, -0.25) is 4.79 Å². The molecule has 0 unspecified atom stereocenters. The van der Waals surface area contributed by atoms with Crippen LogP contribution in [0.2, 0.25) is 5.02 Å². The van der Waals surface area contributed by atoms with Crippen LogP contribution in [0.3, 0.4) is 0 Å². The van der Waals surface area contributed by atoms with E-state index in [1.807, 2.05) is 11.6 Å². The molecule has 2 aromatic carbocycles. The van der Waals surface area contributed by atoms with Crippen molar-refractivity contribution in [2.45, 2.75) is 13.8 Å². The number of anilines is 2. The average molecular weight is 412 g/mol. The Bertz CT molecular complexity index is 1170. The third-order valence-corrected chi connectivity index (χ3v) is 4.66. The topological polar surface area (TPSA) is 101 Å². The number of aromatic nitrogens is 1. The Morgan fingerprint density at radius 2 is 1.96 bits per heavy atom. The zero-order chi connectivity index (χ0) is 19.9. The number of nitrogens with one attached hydrogen (secondary N) is 2. The van der Waals surface area contributed by atoms with Crippen molar-refractivity contribution >= 4 is 49.9 Å². The van der Waals surface area contributed by atoms with Gasteiger partial charge in [0.05, 0.1) is 33.9 Å². The summed E-state index contributed by atoms with van der Waals surface area (Å²) in [6.45, 7) is 3.41. The highest BCUT2D eigenvalue weighted by Crippen LogP contribution is 2.35. The first-order chi connectivity index (χ1) is 12.6. The molecule has 3 rings (SSSR count). The molecule has 0 spiro atoms. The van der Waals surface area contributed by atoms with Gasteiger partial charge in [0.25, 0.3) is 5.91 Å². The Balaban J connectivity index is 2.20. The lowest BCUT2D eigenvalue weighted by molar-refractivity contribution is 0.0982. The molecule has 27 heavy (non-hydrogen) atoms. The summed E-state index contributed by atoms with van der Waals surface area (Å²) in [5, 5.41) is 7.00. The van der Waals surface area contributed by atoms with Crippen molar-refractivity contribution in [3.8, 4) is 0 Å². The number of halogens is 2. The van der Waals surface area contributed by atoms with Crippen LogP contribution >= 0.6 is 11.6 Å². The molecule has 2 N–H and O–H groups in total. The average Bonchev–Trinajstić information content (AvgIpc) is 2.92. The Morgan fingerprint density at radius 3 is 2.59 bits per heavy atom. The van der Waals surface area contributed by atoms with Gasteiger partial charge in [-0.2, -0.15) is 0 Å². The van der Waals surface area contributed by atoms with Gasteiger partial charge >= 0.3 is 0 Å². The molecule has 0 saturated carbocycles. The fraction of sp³-hybridized carbons (Fsp3) is 0.176. The van der Waals surface area contributed by atoms with Crippen molar-refractivity contribution in [3.63, 3.8) is 0 Å². The molecule has 0 fully saturated rings. The van der Waals surface area contributed by atoms with Crippen LogP contribution in [0.1, 0.15) is 21.6 Å². The largest absolute Gasteiger partial charge is 0.353 e. The normalized spacial score (nSPS) is 11.6. The van der Waals surface area contributed by atoms with Crippen molar-refractivity contribution in [3.05, 3.63) is 51.9 Å². The van der Waals surface area contributed by atoms with Gasteiger partial charge in [0, 0.05) is 5.39 Å². The highest BCUT2D eigenvalue weighted by molar-refractivity contribution is 7.89. The number of amides is 1. The molecule has 0 radical (unpaired) electrons. The molecule has 10 heteroatoms. The summed E-state index contributed by atoms with van der Waals surface area (Å²) in [5.74, 6) is -1.88. The number of nitrogens with zero attached hydrogens (tertiary/aromatic N) is 1. The minimum atomic E-state index is -3.85. The van der Waals surface area contributed by atoms with Crippen LogP contribution in [-0.4, -0.2) is 25.7 Å². The summed E-state index contributed by atoms with van der Waals surface area (Å²) in [4.78, 5) is 12.5. The molecule has 0 aliphatic heterocycles. The number of benzene rings is 2. The first kappa shape index (κ1) is 19.1. The van der Waals surface area contributed by atoms with Crippen molar-refractivity contribution in [1.82, 2.24) is 9.88 Å². The molecule has 142 valence electrons. The molecule has 0 atom stereocenters. The second-order valence-corrected chi connectivity index (χ2v) is 8.23. The van der Waals surface area contributed by atoms with Gasteiger partial charge in [0.1, 0.15) is 0 Å². The first-order valence-corrected chi connectivity index (χ1v) is 9.97. The molecular weight excluding hydrogens is 397 g/mol. The number of carbonyl (C=O) groups is 1. The molecular formula is C17H15ClFN3O4S. The van der Waals surface area contributed by atoms with Crippen LogP contribution in [0.15, 0.2) is 28.8 Å². The second-order valence-electron chi connectivity index (χ2n) is 6.07. The Morgan fingerprint density at radius 1 is 1.26 bits per heavy atom. The molecule has 3 aromatic rings. The maximum atomic E-state index is 15.1. The lowest BCUT2D eigenvalue weighted by Crippen LogP contribution is -2.30. The number of rotatable bonds is 4. The van der Waals surface area contributed by atoms with Gasteiger partial charge in [0.2, 0.25) is 15.6 Å². The number of aryl methyl sites for hydroxylation is 2. The lowest BCUT2D eigenvalue weighted by Gasteiger charge is -2.14. The van der Waals surface area contributed by atoms with Crippen molar-refractivity contribution in [2.24, 2.45) is 0 Å². The molecule has 0 bridgehead atoms. The predicted octanol–water partition coefficient (Wildman–Crippen LogP) is 3.67. The number of fused-ring (bicyclic) bond motifs is 1. The van der Waals surface area contributed by atoms with E-state index in [1.54, 1.807) is 25.1 Å². The first-order valence-electron chi connectivity index (χ1n) is 7.70. The van der Waals surface area contributed by atoms with E-state index in [1.165, 1.54) is 6.07 Å². The van der Waals surface area contributed by atoms with E-state index in [2.05, 4.69) is 10.5 Å². The van der Waals surface area contributed by atoms with E-state index in [9.17, 15) is 13.2 Å². The van der Waals surface area contributed by atoms with E-state index in [0.29, 0.717) is 16.4 Å². The molecule has 0 saturated heterocycles. The molecule has 1 heterocycles. The van der Waals surface area contributed by atoms with Crippen molar-refractivity contribution in [1.29, 1.82) is 0 Å². The summed E-state index contributed by atoms with van der Waals surface area (Å²) in [6, 6.07) is 6.34. The van der Waals surface area contributed by atoms with Gasteiger partial charge in [-0.25, -0.2) is 17.5 Å². The van der Waals surface area contributed by atoms with Crippen molar-refractivity contribution in [2.75, 3.05) is 11.6 Å². The quantitative estimate of drug-likeness (QED) is 0.679. The smallest absolute Gasteiger partial charge is 0.266 e. The van der Waals surface area contributed by atoms with Crippen LogP contribution < -0.4 is 10.0 Å². The van der Waals surface area contributed by atoms with Gasteiger partial charge in [-0.15, -0.1) is 0 Å². The Kier molecular flexibility index (Phi) is 4.83. The van der Waals surface area contributed by atoms with Crippen LogP contribution in [0.25, 0.3) is 11.0 Å². The minimum absolute atomic E-state index is 0.158. The molecule has 0 aliphatic carbocycles. The highest BCUT2D eigenvalue weighted by Gasteiger charge is 2.24. The van der Waals surface area contributed by atoms with Crippen LogP contribution in [0.5, 0.6) is 0 Å². The fourth-order valence-electron chi connectivity index (χ4n) is 2.53. The van der Waals surface area contributed by atoms with Crippen molar-refractivity contribution < 1.29 is 22.1 Å². The maximum Gasteiger partial charge on any atom is 0.266 e. The Labute approximate surface area is 159 Å². The lowest BCUT2D eigenvalue weighted by atomic mass is 10.1. The monoisotopic (exact) mass is 411 g/mol. The SMILES string of the molecule is Cc1ccc(Nc2c(C(=O)NS(C)(=O)=O)cc3c(C)noc3c2F)c(Cl)c1. The zero-order valence-electron chi connectivity index (χ0n) is 14.6. The van der Waals surface area contributed by atoms with E-state index in [0.717, 1.165) is 11.8 Å². The summed E-state index contributed by atoms with van der Waals surface area (Å²) in [5.41, 5.74) is 0.929. The highest BCUT2D eigenvalue weighted by atomic mass is 35.5. The van der Waals surface area contributed by atoms with E-state index >= 15 is 4.39 Å². The number of sulfonamides is 1. The summed E-state index contributed by atoms with van der Waals surface area (Å²) in [6.07, 6.45) is 0.828. The van der Waals surface area contributed by atoms with Gasteiger partial charge < -0.3 is 9.84 Å². The van der Waals surface area contributed by atoms with E-state index < -0.39 is 21.7 Å². The minimum Gasteiger partial charge on any atom is -0.353 e.